The molecule has 89 heavy (non-hydrogen) atoms. The standard InChI is InChI=1S/2C36H32N4.6BrH.3Pd/c2*1-5-13-29(14-6-1)23-37-27-38(24-30-15-7-2-8-16-30)34-22-36-35(21-33(34)37)39(25-31-17-9-3-10-18-31)28-40(36)26-32-19-11-4-12-20-32;;;;;;;;;/h2*1-22,27-28H,23-26H2;6*1H;;;/q2*-2;;;;;;;3*+2/p-6. The second-order valence-electron chi connectivity index (χ2n) is 21.2. The minimum atomic E-state index is 0.575. The van der Waals surface area contributed by atoms with Gasteiger partial charge in [0.1, 0.15) is 0 Å². The number of nitrogens with zero attached hydrogens (tertiary/aromatic N) is 8. The van der Waals surface area contributed by atoms with Gasteiger partial charge in [0.2, 0.25) is 0 Å². The van der Waals surface area contributed by atoms with Gasteiger partial charge >= 0.3 is 122 Å². The van der Waals surface area contributed by atoms with Gasteiger partial charge in [-0.25, -0.2) is 0 Å². The van der Waals surface area contributed by atoms with Crippen molar-refractivity contribution in [2.75, 3.05) is 0 Å². The van der Waals surface area contributed by atoms with Crippen molar-refractivity contribution in [2.45, 2.75) is 52.4 Å². The molecule has 0 bridgehead atoms. The quantitative estimate of drug-likeness (QED) is 0.0683. The Labute approximate surface area is 585 Å². The molecule has 0 spiro atoms. The molecule has 8 nitrogen and oxygen atoms in total. The monoisotopic (exact) mass is 1830 g/mol. The third kappa shape index (κ3) is 18.6. The van der Waals surface area contributed by atoms with E-state index in [4.69, 9.17) is 0 Å². The van der Waals surface area contributed by atoms with Gasteiger partial charge in [0.25, 0.3) is 0 Å². The fourth-order valence-corrected chi connectivity index (χ4v) is 11.4. The normalized spacial score (nSPS) is 11.0. The summed E-state index contributed by atoms with van der Waals surface area (Å²) < 4.78 is 19.2. The van der Waals surface area contributed by atoms with E-state index in [0.717, 1.165) is 52.4 Å². The second kappa shape index (κ2) is 35.1. The summed E-state index contributed by atoms with van der Waals surface area (Å²) in [4.78, 5) is 0. The maximum absolute atomic E-state index is 3.11. The summed E-state index contributed by atoms with van der Waals surface area (Å²) in [5.74, 6) is 0. The smallest absolute Gasteiger partial charge is 0.0253 e. The Bertz CT molecular complexity index is 3580. The Balaban J connectivity index is 0.000000173. The van der Waals surface area contributed by atoms with Gasteiger partial charge in [0.15, 0.2) is 0 Å². The molecule has 0 radical (unpaired) electrons. The van der Waals surface area contributed by atoms with Crippen LogP contribution in [-0.2, 0) is 94.2 Å². The van der Waals surface area contributed by atoms with Crippen molar-refractivity contribution in [1.82, 2.24) is 36.5 Å². The third-order valence-corrected chi connectivity index (χ3v) is 15.3. The number of fused-ring (bicyclic) bond motifs is 4. The Morgan fingerprint density at radius 2 is 0.292 bits per heavy atom. The topological polar surface area (TPSA) is 39.4 Å². The predicted octanol–water partition coefficient (Wildman–Crippen LogP) is 21.0. The zero-order valence-corrected chi connectivity index (χ0v) is 62.3. The van der Waals surface area contributed by atoms with E-state index in [2.05, 4.69) is 409 Å². The molecule has 0 saturated carbocycles. The molecule has 14 rings (SSSR count). The first kappa shape index (κ1) is 66.9. The van der Waals surface area contributed by atoms with Crippen LogP contribution in [0.1, 0.15) is 44.5 Å². The van der Waals surface area contributed by atoms with Crippen LogP contribution in [0.4, 0.5) is 0 Å². The van der Waals surface area contributed by atoms with Gasteiger partial charge in [0.05, 0.1) is 0 Å². The van der Waals surface area contributed by atoms with Crippen molar-refractivity contribution in [3.8, 4) is 0 Å². The molecular weight excluding hydrogens is 1780 g/mol. The number of imidazole rings is 4. The van der Waals surface area contributed by atoms with Gasteiger partial charge in [-0.3, -0.25) is 0 Å². The van der Waals surface area contributed by atoms with Crippen molar-refractivity contribution in [2.24, 2.45) is 0 Å². The van der Waals surface area contributed by atoms with Gasteiger partial charge in [0, 0.05) is 52.4 Å². The molecule has 0 fully saturated rings. The van der Waals surface area contributed by atoms with E-state index >= 15 is 0 Å². The largest absolute Gasteiger partial charge is 0.444 e. The first-order valence-electron chi connectivity index (χ1n) is 28.5. The van der Waals surface area contributed by atoms with Crippen molar-refractivity contribution < 1.29 is 41.8 Å². The molecule has 10 aromatic carbocycles. The molecule has 0 aliphatic rings. The number of hydrogen-bond acceptors (Lipinski definition) is 0. The third-order valence-electron chi connectivity index (χ3n) is 15.3. The average Bonchev–Trinajstić information content (AvgIpc) is 1.66. The number of halogens is 6. The Hall–Kier alpha value is -5.05. The van der Waals surface area contributed by atoms with Crippen molar-refractivity contribution in [1.29, 1.82) is 0 Å². The molecule has 0 atom stereocenters. The van der Waals surface area contributed by atoms with Crippen molar-refractivity contribution >= 4 is 125 Å². The first-order valence-corrected chi connectivity index (χ1v) is 49.9. The van der Waals surface area contributed by atoms with E-state index < -0.39 is 0 Å². The van der Waals surface area contributed by atoms with E-state index in [0.29, 0.717) is 41.8 Å². The molecule has 0 N–H and O–H groups in total. The molecule has 0 unspecified atom stereocenters. The number of rotatable bonds is 16. The van der Waals surface area contributed by atoms with E-state index in [-0.39, 0.29) is 0 Å². The summed E-state index contributed by atoms with van der Waals surface area (Å²) in [7, 11) is 0. The van der Waals surface area contributed by atoms with Crippen molar-refractivity contribution in [3.63, 3.8) is 0 Å². The maximum Gasteiger partial charge on any atom is 0.0253 e. The van der Waals surface area contributed by atoms with Crippen LogP contribution in [0.3, 0.4) is 0 Å². The van der Waals surface area contributed by atoms with E-state index in [1.54, 1.807) is 0 Å². The number of aromatic nitrogens is 8. The first-order chi connectivity index (χ1) is 43.8. The van der Waals surface area contributed by atoms with Crippen LogP contribution in [0.25, 0.3) is 44.1 Å². The minimum Gasteiger partial charge on any atom is -0.444 e. The molecule has 14 aromatic rings. The Morgan fingerprint density at radius 1 is 0.191 bits per heavy atom. The van der Waals surface area contributed by atoms with Crippen LogP contribution in [-0.4, -0.2) is 36.5 Å². The molecule has 468 valence electrons. The predicted molar refractivity (Wildman–Crippen MR) is 382 cm³/mol. The number of benzene rings is 10. The zero-order valence-electron chi connectivity index (χ0n) is 48.2. The van der Waals surface area contributed by atoms with Crippen LogP contribution in [0.2, 0.25) is 0 Å². The fourth-order valence-electron chi connectivity index (χ4n) is 11.4. The van der Waals surface area contributed by atoms with E-state index in [1.807, 2.05) is 0 Å². The molecule has 0 amide bonds. The average molecular weight is 1840 g/mol. The van der Waals surface area contributed by atoms with Gasteiger partial charge in [-0.15, -0.1) is 68.4 Å². The summed E-state index contributed by atoms with van der Waals surface area (Å²) in [5, 5.41) is 0. The van der Waals surface area contributed by atoms with Crippen LogP contribution in [0, 0.1) is 0 Å². The molecule has 4 heterocycles. The van der Waals surface area contributed by atoms with Crippen LogP contribution in [0.5, 0.6) is 0 Å². The second-order valence-corrected chi connectivity index (χ2v) is 42.7. The minimum absolute atomic E-state index is 0.575. The molecule has 17 heteroatoms. The Morgan fingerprint density at radius 3 is 0.393 bits per heavy atom. The van der Waals surface area contributed by atoms with Gasteiger partial charge in [-0.1, -0.05) is 243 Å². The Kier molecular flexibility index (Phi) is 26.4. The van der Waals surface area contributed by atoms with Gasteiger partial charge in [-0.2, -0.15) is 0 Å². The zero-order chi connectivity index (χ0) is 61.6. The van der Waals surface area contributed by atoms with Gasteiger partial charge < -0.3 is 36.5 Å². The fraction of sp³-hybridized carbons (Fsp3) is 0.111. The molecule has 4 aromatic heterocycles. The van der Waals surface area contributed by atoms with Gasteiger partial charge in [-0.05, 0) is 69.8 Å². The molecule has 0 aliphatic carbocycles. The maximum atomic E-state index is 3.11. The summed E-state index contributed by atoms with van der Waals surface area (Å²) >= 11 is 20.4. The van der Waals surface area contributed by atoms with Crippen LogP contribution in [0.15, 0.2) is 292 Å². The van der Waals surface area contributed by atoms with E-state index in [1.165, 1.54) is 88.6 Å². The molecule has 0 saturated heterocycles. The summed E-state index contributed by atoms with van der Waals surface area (Å²) in [6.07, 6.45) is 9.14. The SMILES string of the molecule is [Br][Pd][Br].[Br][Pd][Br].[Br][Pd][Br].c1ccc(Cn2[cH-]n(Cc3ccccc3)c3cc4c(cc32)n(Cc2ccccc2)[cH-]n4Cc2ccccc2)cc1.c1ccc(Cn2[cH-]n(Cc3ccccc3)c3cc4c(cc32)n(Cc2ccccc2)[cH-]n4Cc2ccccc2)cc1. The van der Waals surface area contributed by atoms with Crippen LogP contribution >= 0.6 is 80.6 Å². The molecular formula is C72H64Br6N8Pd3-4. The van der Waals surface area contributed by atoms with E-state index in [9.17, 15) is 0 Å². The summed E-state index contributed by atoms with van der Waals surface area (Å²) in [6, 6.07) is 95.4. The number of hydrogen-bond donors (Lipinski definition) is 0. The van der Waals surface area contributed by atoms with Crippen LogP contribution < -0.4 is 0 Å². The van der Waals surface area contributed by atoms with Crippen molar-refractivity contribution in [3.05, 3.63) is 337 Å². The summed E-state index contributed by atoms with van der Waals surface area (Å²) in [6.45, 7) is 6.62. The molecule has 0 aliphatic heterocycles. The summed E-state index contributed by atoms with van der Waals surface area (Å²) in [5.41, 5.74) is 20.3.